The molecule has 0 radical (unpaired) electrons. The summed E-state index contributed by atoms with van der Waals surface area (Å²) in [5.74, 6) is 1.18. The van der Waals surface area contributed by atoms with Gasteiger partial charge in [0.05, 0.1) is 7.11 Å². The molecule has 5 aromatic carbocycles. The minimum absolute atomic E-state index is 0.327. The van der Waals surface area contributed by atoms with Crippen LogP contribution in [0, 0.1) is 0 Å². The van der Waals surface area contributed by atoms with Crippen LogP contribution in [0.2, 0.25) is 5.02 Å². The van der Waals surface area contributed by atoms with Crippen LogP contribution in [0.25, 0.3) is 21.9 Å². The number of methoxy groups -OCH3 is 1. The molecular formula is C33H28ClNO3. The van der Waals surface area contributed by atoms with Crippen LogP contribution in [0.15, 0.2) is 115 Å². The summed E-state index contributed by atoms with van der Waals surface area (Å²) in [6.45, 7) is 0.529. The molecule has 0 bridgehead atoms. The molecule has 1 N–H and O–H groups in total. The van der Waals surface area contributed by atoms with Crippen LogP contribution in [-0.2, 0) is 22.5 Å². The number of hydrogen-bond acceptors (Lipinski definition) is 4. The third-order valence-electron chi connectivity index (χ3n) is 6.55. The molecule has 0 aliphatic heterocycles. The molecular weight excluding hydrogens is 494 g/mol. The predicted octanol–water partition coefficient (Wildman–Crippen LogP) is 7.83. The Hall–Kier alpha value is -4.12. The van der Waals surface area contributed by atoms with Gasteiger partial charge in [-0.25, -0.2) is 0 Å². The number of ether oxygens (including phenoxy) is 2. The van der Waals surface area contributed by atoms with Crippen LogP contribution in [0.1, 0.15) is 11.1 Å². The van der Waals surface area contributed by atoms with Crippen molar-refractivity contribution in [3.05, 3.63) is 131 Å². The first-order valence-electron chi connectivity index (χ1n) is 12.5. The van der Waals surface area contributed by atoms with E-state index in [2.05, 4.69) is 29.6 Å². The van der Waals surface area contributed by atoms with E-state index in [1.54, 1.807) is 0 Å². The van der Waals surface area contributed by atoms with Crippen LogP contribution in [-0.4, -0.2) is 19.1 Å². The molecule has 5 aromatic rings. The minimum atomic E-state index is -0.545. The fraction of sp³-hybridized carbons (Fsp3) is 0.121. The average molecular weight is 522 g/mol. The molecule has 0 fully saturated rings. The van der Waals surface area contributed by atoms with Crippen LogP contribution < -0.4 is 10.1 Å². The first-order chi connectivity index (χ1) is 18.6. The number of rotatable bonds is 9. The molecule has 0 amide bonds. The summed E-state index contributed by atoms with van der Waals surface area (Å²) in [6.07, 6.45) is 0.402. The van der Waals surface area contributed by atoms with Gasteiger partial charge in [-0.1, -0.05) is 103 Å². The number of halogens is 1. The van der Waals surface area contributed by atoms with E-state index < -0.39 is 6.04 Å². The molecule has 0 aliphatic carbocycles. The monoisotopic (exact) mass is 521 g/mol. The lowest BCUT2D eigenvalue weighted by Gasteiger charge is -2.19. The molecule has 0 saturated carbocycles. The second kappa shape index (κ2) is 12.0. The Morgan fingerprint density at radius 1 is 0.816 bits per heavy atom. The van der Waals surface area contributed by atoms with Crippen molar-refractivity contribution < 1.29 is 14.3 Å². The van der Waals surface area contributed by atoms with E-state index in [1.807, 2.05) is 91.0 Å². The van der Waals surface area contributed by atoms with Gasteiger partial charge in [-0.2, -0.15) is 0 Å². The summed E-state index contributed by atoms with van der Waals surface area (Å²) in [7, 11) is 1.41. The van der Waals surface area contributed by atoms with Gasteiger partial charge in [-0.3, -0.25) is 10.1 Å². The van der Waals surface area contributed by atoms with E-state index in [0.29, 0.717) is 18.0 Å². The Kier molecular flexibility index (Phi) is 8.03. The number of carbonyl (C=O) groups excluding carboxylic acids is 1. The zero-order chi connectivity index (χ0) is 26.3. The number of carbonyl (C=O) groups is 1. The standard InChI is InChI=1S/C33H28ClNO3/c1-37-33(36)31(35-22-26-12-9-11-23-10-5-6-15-28(23)26)21-25-19-18-24(20-30(25)34)29-16-7-8-17-32(29)38-27-13-3-2-4-14-27/h2-20,31,35H,21-22H2,1H3. The second-order valence-corrected chi connectivity index (χ2v) is 9.42. The van der Waals surface area contributed by atoms with Gasteiger partial charge in [0.25, 0.3) is 0 Å². The molecule has 1 atom stereocenters. The molecule has 0 saturated heterocycles. The Morgan fingerprint density at radius 3 is 2.37 bits per heavy atom. The van der Waals surface area contributed by atoms with Gasteiger partial charge in [0.15, 0.2) is 0 Å². The van der Waals surface area contributed by atoms with Crippen molar-refractivity contribution in [3.63, 3.8) is 0 Å². The quantitative estimate of drug-likeness (QED) is 0.201. The Bertz CT molecular complexity index is 1550. The molecule has 1 unspecified atom stereocenters. The number of nitrogens with one attached hydrogen (secondary N) is 1. The Labute approximate surface area is 227 Å². The largest absolute Gasteiger partial charge is 0.468 e. The fourth-order valence-corrected chi connectivity index (χ4v) is 4.83. The van der Waals surface area contributed by atoms with E-state index >= 15 is 0 Å². The summed E-state index contributed by atoms with van der Waals surface area (Å²) in [5, 5.41) is 6.29. The van der Waals surface area contributed by atoms with Gasteiger partial charge >= 0.3 is 5.97 Å². The molecule has 0 aliphatic rings. The lowest BCUT2D eigenvalue weighted by Crippen LogP contribution is -2.39. The van der Waals surface area contributed by atoms with Crippen molar-refractivity contribution in [2.24, 2.45) is 0 Å². The molecule has 0 heterocycles. The third-order valence-corrected chi connectivity index (χ3v) is 6.90. The summed E-state index contributed by atoms with van der Waals surface area (Å²) in [5.41, 5.74) is 3.85. The maximum atomic E-state index is 12.7. The van der Waals surface area contributed by atoms with E-state index in [9.17, 15) is 4.79 Å². The fourth-order valence-electron chi connectivity index (χ4n) is 4.57. The zero-order valence-electron chi connectivity index (χ0n) is 21.1. The van der Waals surface area contributed by atoms with Crippen molar-refractivity contribution >= 4 is 28.3 Å². The average Bonchev–Trinajstić information content (AvgIpc) is 2.96. The van der Waals surface area contributed by atoms with Gasteiger partial charge in [-0.05, 0) is 58.1 Å². The highest BCUT2D eigenvalue weighted by Crippen LogP contribution is 2.35. The van der Waals surface area contributed by atoms with Crippen LogP contribution in [0.4, 0.5) is 0 Å². The first-order valence-corrected chi connectivity index (χ1v) is 12.9. The van der Waals surface area contributed by atoms with Crippen LogP contribution >= 0.6 is 11.6 Å². The smallest absolute Gasteiger partial charge is 0.323 e. The minimum Gasteiger partial charge on any atom is -0.468 e. The topological polar surface area (TPSA) is 47.6 Å². The highest BCUT2D eigenvalue weighted by molar-refractivity contribution is 6.31. The van der Waals surface area contributed by atoms with Crippen molar-refractivity contribution in [1.29, 1.82) is 0 Å². The highest BCUT2D eigenvalue weighted by atomic mass is 35.5. The third kappa shape index (κ3) is 5.88. The van der Waals surface area contributed by atoms with Gasteiger partial charge < -0.3 is 9.47 Å². The highest BCUT2D eigenvalue weighted by Gasteiger charge is 2.21. The molecule has 4 nitrogen and oxygen atoms in total. The molecule has 0 aromatic heterocycles. The summed E-state index contributed by atoms with van der Waals surface area (Å²) >= 11 is 6.76. The second-order valence-electron chi connectivity index (χ2n) is 9.02. The predicted molar refractivity (Wildman–Crippen MR) is 154 cm³/mol. The summed E-state index contributed by atoms with van der Waals surface area (Å²) in [6, 6.07) is 37.3. The number of esters is 1. The molecule has 0 spiro atoms. The van der Waals surface area contributed by atoms with Gasteiger partial charge in [0.2, 0.25) is 0 Å². The number of benzene rings is 5. The molecule has 5 rings (SSSR count). The Morgan fingerprint density at radius 2 is 1.55 bits per heavy atom. The summed E-state index contributed by atoms with van der Waals surface area (Å²) < 4.78 is 11.2. The number of para-hydroxylation sites is 2. The van der Waals surface area contributed by atoms with Crippen molar-refractivity contribution in [1.82, 2.24) is 5.32 Å². The maximum absolute atomic E-state index is 12.7. The number of hydrogen-bond donors (Lipinski definition) is 1. The Balaban J connectivity index is 1.35. The maximum Gasteiger partial charge on any atom is 0.323 e. The lowest BCUT2D eigenvalue weighted by atomic mass is 9.99. The molecule has 5 heteroatoms. The van der Waals surface area contributed by atoms with Crippen molar-refractivity contribution in [2.75, 3.05) is 7.11 Å². The van der Waals surface area contributed by atoms with Crippen LogP contribution in [0.5, 0.6) is 11.5 Å². The van der Waals surface area contributed by atoms with Crippen molar-refractivity contribution in [2.45, 2.75) is 19.0 Å². The molecule has 190 valence electrons. The van der Waals surface area contributed by atoms with Crippen LogP contribution in [0.3, 0.4) is 0 Å². The van der Waals surface area contributed by atoms with Gasteiger partial charge in [0, 0.05) is 17.1 Å². The SMILES string of the molecule is COC(=O)C(Cc1ccc(-c2ccccc2Oc2ccccc2)cc1Cl)NCc1cccc2ccccc12. The van der Waals surface area contributed by atoms with Gasteiger partial charge in [-0.15, -0.1) is 0 Å². The lowest BCUT2D eigenvalue weighted by molar-refractivity contribution is -0.143. The number of fused-ring (bicyclic) bond motifs is 1. The summed E-state index contributed by atoms with van der Waals surface area (Å²) in [4.78, 5) is 12.7. The van der Waals surface area contributed by atoms with E-state index in [-0.39, 0.29) is 5.97 Å². The van der Waals surface area contributed by atoms with Gasteiger partial charge in [0.1, 0.15) is 17.5 Å². The van der Waals surface area contributed by atoms with E-state index in [4.69, 9.17) is 21.1 Å². The molecule has 38 heavy (non-hydrogen) atoms. The first kappa shape index (κ1) is 25.5. The zero-order valence-corrected chi connectivity index (χ0v) is 21.8. The normalized spacial score (nSPS) is 11.7. The van der Waals surface area contributed by atoms with E-state index in [0.717, 1.165) is 44.5 Å². The van der Waals surface area contributed by atoms with Crippen molar-refractivity contribution in [3.8, 4) is 22.6 Å². The van der Waals surface area contributed by atoms with E-state index in [1.165, 1.54) is 7.11 Å².